The molecule has 0 amide bonds. The molecule has 0 saturated carbocycles. The number of pyridine rings is 1. The molecule has 2 aromatic rings. The average molecular weight is 226 g/mol. The Balaban J connectivity index is 2.40. The number of fused-ring (bicyclic) bond motifs is 1. The summed E-state index contributed by atoms with van der Waals surface area (Å²) in [5.74, 6) is 3.59. The van der Waals surface area contributed by atoms with E-state index in [0.29, 0.717) is 6.42 Å². The summed E-state index contributed by atoms with van der Waals surface area (Å²) >= 11 is 0. The first-order chi connectivity index (χ1) is 8.20. The fraction of sp³-hybridized carbons (Fsp3) is 0.214. The summed E-state index contributed by atoms with van der Waals surface area (Å²) < 4.78 is 0. The van der Waals surface area contributed by atoms with Crippen LogP contribution in [-0.4, -0.2) is 16.1 Å². The lowest BCUT2D eigenvalue weighted by Crippen LogP contribution is -2.15. The van der Waals surface area contributed by atoms with Gasteiger partial charge in [-0.05, 0) is 30.5 Å². The Kier molecular flexibility index (Phi) is 3.15. The molecule has 0 saturated heterocycles. The van der Waals surface area contributed by atoms with Crippen molar-refractivity contribution in [1.82, 2.24) is 4.98 Å². The van der Waals surface area contributed by atoms with Crippen molar-refractivity contribution in [2.24, 2.45) is 0 Å². The van der Waals surface area contributed by atoms with Crippen molar-refractivity contribution in [2.45, 2.75) is 19.4 Å². The third-order valence-corrected chi connectivity index (χ3v) is 2.56. The highest BCUT2D eigenvalue weighted by molar-refractivity contribution is 5.92. The number of hydrogen-bond donors (Lipinski definition) is 2. The van der Waals surface area contributed by atoms with Crippen molar-refractivity contribution in [3.63, 3.8) is 0 Å². The van der Waals surface area contributed by atoms with Crippen molar-refractivity contribution < 1.29 is 5.11 Å². The maximum absolute atomic E-state index is 9.50. The maximum Gasteiger partial charge on any atom is 0.134 e. The van der Waals surface area contributed by atoms with E-state index >= 15 is 0 Å². The molecule has 86 valence electrons. The lowest BCUT2D eigenvalue weighted by Gasteiger charge is -2.13. The fourth-order valence-electron chi connectivity index (χ4n) is 1.73. The first-order valence-electron chi connectivity index (χ1n) is 5.48. The van der Waals surface area contributed by atoms with Gasteiger partial charge in [-0.3, -0.25) is 0 Å². The van der Waals surface area contributed by atoms with Gasteiger partial charge in [0.1, 0.15) is 11.6 Å². The zero-order chi connectivity index (χ0) is 12.3. The molecule has 0 aliphatic carbocycles. The minimum atomic E-state index is 0.153. The molecule has 0 radical (unpaired) electrons. The van der Waals surface area contributed by atoms with E-state index in [2.05, 4.69) is 16.2 Å². The number of phenols is 1. The van der Waals surface area contributed by atoms with Gasteiger partial charge in [0.15, 0.2) is 0 Å². The van der Waals surface area contributed by atoms with Gasteiger partial charge in [0.2, 0.25) is 0 Å². The van der Waals surface area contributed by atoms with E-state index in [1.165, 1.54) is 0 Å². The number of aromatic nitrogens is 1. The van der Waals surface area contributed by atoms with E-state index in [4.69, 9.17) is 6.42 Å². The van der Waals surface area contributed by atoms with Gasteiger partial charge in [0.25, 0.3) is 0 Å². The monoisotopic (exact) mass is 226 g/mol. The Hall–Kier alpha value is -2.21. The molecule has 3 heteroatoms. The molecule has 2 rings (SSSR count). The normalized spacial score (nSPS) is 12.0. The molecule has 3 nitrogen and oxygen atoms in total. The zero-order valence-corrected chi connectivity index (χ0v) is 9.64. The van der Waals surface area contributed by atoms with Crippen LogP contribution in [0.15, 0.2) is 30.5 Å². The predicted molar refractivity (Wildman–Crippen MR) is 69.9 cm³/mol. The Morgan fingerprint density at radius 2 is 2.29 bits per heavy atom. The van der Waals surface area contributed by atoms with E-state index in [1.54, 1.807) is 18.3 Å². The van der Waals surface area contributed by atoms with Crippen molar-refractivity contribution in [1.29, 1.82) is 0 Å². The predicted octanol–water partition coefficient (Wildman–Crippen LogP) is 2.76. The van der Waals surface area contributed by atoms with Crippen LogP contribution in [0.1, 0.15) is 13.3 Å². The van der Waals surface area contributed by atoms with Gasteiger partial charge < -0.3 is 10.4 Å². The molecule has 0 bridgehead atoms. The standard InChI is InChI=1S/C14H14N2O/c1-3-4-10(2)16-14-13-9-12(17)6-5-11(13)7-8-15-14/h1,5-10,17H,4H2,2H3,(H,15,16). The van der Waals surface area contributed by atoms with Crippen LogP contribution in [0.4, 0.5) is 5.82 Å². The summed E-state index contributed by atoms with van der Waals surface area (Å²) in [6, 6.07) is 7.29. The number of aromatic hydroxyl groups is 1. The molecule has 1 unspecified atom stereocenters. The highest BCUT2D eigenvalue weighted by Crippen LogP contribution is 2.25. The van der Waals surface area contributed by atoms with Crippen molar-refractivity contribution in [2.75, 3.05) is 5.32 Å². The summed E-state index contributed by atoms with van der Waals surface area (Å²) in [5.41, 5.74) is 0. The minimum absolute atomic E-state index is 0.153. The third kappa shape index (κ3) is 2.48. The van der Waals surface area contributed by atoms with Crippen LogP contribution in [0, 0.1) is 12.3 Å². The maximum atomic E-state index is 9.50. The molecule has 1 aromatic heterocycles. The largest absolute Gasteiger partial charge is 0.508 e. The van der Waals surface area contributed by atoms with Gasteiger partial charge in [-0.15, -0.1) is 12.3 Å². The van der Waals surface area contributed by atoms with Gasteiger partial charge in [0, 0.05) is 24.0 Å². The minimum Gasteiger partial charge on any atom is -0.508 e. The van der Waals surface area contributed by atoms with Crippen LogP contribution in [0.3, 0.4) is 0 Å². The lowest BCUT2D eigenvalue weighted by atomic mass is 10.1. The van der Waals surface area contributed by atoms with E-state index < -0.39 is 0 Å². The molecule has 17 heavy (non-hydrogen) atoms. The summed E-state index contributed by atoms with van der Waals surface area (Å²) in [6.45, 7) is 2.00. The first kappa shape index (κ1) is 11.3. The van der Waals surface area contributed by atoms with Crippen molar-refractivity contribution in [3.05, 3.63) is 30.5 Å². The van der Waals surface area contributed by atoms with Crippen LogP contribution >= 0.6 is 0 Å². The number of hydrogen-bond acceptors (Lipinski definition) is 3. The molecule has 2 N–H and O–H groups in total. The molecule has 1 aromatic carbocycles. The second-order valence-electron chi connectivity index (χ2n) is 4.02. The van der Waals surface area contributed by atoms with Crippen LogP contribution in [0.2, 0.25) is 0 Å². The molecule has 1 heterocycles. The summed E-state index contributed by atoms with van der Waals surface area (Å²) in [7, 11) is 0. The Morgan fingerprint density at radius 3 is 3.06 bits per heavy atom. The summed E-state index contributed by atoms with van der Waals surface area (Å²) in [4.78, 5) is 4.28. The molecular formula is C14H14N2O. The van der Waals surface area contributed by atoms with E-state index in [1.807, 2.05) is 19.1 Å². The quantitative estimate of drug-likeness (QED) is 0.791. The highest BCUT2D eigenvalue weighted by atomic mass is 16.3. The van der Waals surface area contributed by atoms with E-state index in [-0.39, 0.29) is 11.8 Å². The van der Waals surface area contributed by atoms with Gasteiger partial charge in [-0.2, -0.15) is 0 Å². The Bertz CT molecular complexity index is 572. The number of rotatable bonds is 3. The third-order valence-electron chi connectivity index (χ3n) is 2.56. The van der Waals surface area contributed by atoms with Crippen LogP contribution in [0.5, 0.6) is 5.75 Å². The number of nitrogens with one attached hydrogen (secondary N) is 1. The Morgan fingerprint density at radius 1 is 1.47 bits per heavy atom. The van der Waals surface area contributed by atoms with E-state index in [9.17, 15) is 5.11 Å². The molecule has 0 aliphatic rings. The summed E-state index contributed by atoms with van der Waals surface area (Å²) in [6.07, 6.45) is 7.65. The SMILES string of the molecule is C#CCC(C)Nc1nccc2ccc(O)cc12. The highest BCUT2D eigenvalue weighted by Gasteiger charge is 2.06. The number of phenolic OH excluding ortho intramolecular Hbond substituents is 1. The molecule has 0 aliphatic heterocycles. The molecular weight excluding hydrogens is 212 g/mol. The Labute approximate surface area is 101 Å². The second kappa shape index (κ2) is 4.75. The molecule has 0 spiro atoms. The van der Waals surface area contributed by atoms with Crippen molar-refractivity contribution >= 4 is 16.6 Å². The van der Waals surface area contributed by atoms with Gasteiger partial charge in [0.05, 0.1) is 0 Å². The van der Waals surface area contributed by atoms with Gasteiger partial charge in [-0.25, -0.2) is 4.98 Å². The summed E-state index contributed by atoms with van der Waals surface area (Å²) in [5, 5.41) is 14.7. The van der Waals surface area contributed by atoms with E-state index in [0.717, 1.165) is 16.6 Å². The van der Waals surface area contributed by atoms with Crippen LogP contribution in [-0.2, 0) is 0 Å². The number of benzene rings is 1. The van der Waals surface area contributed by atoms with Crippen LogP contribution < -0.4 is 5.32 Å². The number of nitrogens with zero attached hydrogens (tertiary/aromatic N) is 1. The molecule has 1 atom stereocenters. The van der Waals surface area contributed by atoms with Gasteiger partial charge in [-0.1, -0.05) is 6.07 Å². The number of anilines is 1. The van der Waals surface area contributed by atoms with Crippen LogP contribution in [0.25, 0.3) is 10.8 Å². The second-order valence-corrected chi connectivity index (χ2v) is 4.02. The van der Waals surface area contributed by atoms with Gasteiger partial charge >= 0.3 is 0 Å². The zero-order valence-electron chi connectivity index (χ0n) is 9.64. The number of terminal acetylenes is 1. The fourth-order valence-corrected chi connectivity index (χ4v) is 1.73. The topological polar surface area (TPSA) is 45.2 Å². The van der Waals surface area contributed by atoms with Crippen molar-refractivity contribution in [3.8, 4) is 18.1 Å². The lowest BCUT2D eigenvalue weighted by molar-refractivity contribution is 0.476. The molecule has 0 fully saturated rings. The first-order valence-corrected chi connectivity index (χ1v) is 5.48. The average Bonchev–Trinajstić information content (AvgIpc) is 2.30. The smallest absolute Gasteiger partial charge is 0.134 e.